The highest BCUT2D eigenvalue weighted by molar-refractivity contribution is 7.13. The first kappa shape index (κ1) is 16.6. The number of nitrogens with zero attached hydrogens (tertiary/aromatic N) is 4. The number of carbonyl (C=O) groups is 1. The molecule has 1 aliphatic heterocycles. The Labute approximate surface area is 145 Å². The largest absolute Gasteiger partial charge is 0.467 e. The van der Waals surface area contributed by atoms with E-state index in [1.807, 2.05) is 6.92 Å². The molecule has 1 aliphatic rings. The normalized spacial score (nSPS) is 15.3. The molecular formula is C16H21N5O2S. The summed E-state index contributed by atoms with van der Waals surface area (Å²) in [5.41, 5.74) is 0.828. The molecule has 2 aromatic heterocycles. The highest BCUT2D eigenvalue weighted by atomic mass is 32.1. The average Bonchev–Trinajstić information content (AvgIpc) is 3.06. The zero-order valence-corrected chi connectivity index (χ0v) is 14.7. The minimum atomic E-state index is -0.255. The van der Waals surface area contributed by atoms with Gasteiger partial charge in [0.1, 0.15) is 0 Å². The maximum atomic E-state index is 11.9. The van der Waals surface area contributed by atoms with Gasteiger partial charge in [0.05, 0.1) is 0 Å². The molecule has 1 amide bonds. The third-order valence-corrected chi connectivity index (χ3v) is 4.60. The zero-order valence-electron chi connectivity index (χ0n) is 13.9. The van der Waals surface area contributed by atoms with Crippen molar-refractivity contribution in [3.8, 4) is 5.88 Å². The molecule has 1 fully saturated rings. The molecule has 0 aromatic carbocycles. The molecule has 7 nitrogen and oxygen atoms in total. The van der Waals surface area contributed by atoms with Crippen molar-refractivity contribution in [2.24, 2.45) is 5.92 Å². The molecule has 0 atom stereocenters. The van der Waals surface area contributed by atoms with Crippen molar-refractivity contribution in [3.63, 3.8) is 0 Å². The Kier molecular flexibility index (Phi) is 5.24. The van der Waals surface area contributed by atoms with Crippen LogP contribution in [0.1, 0.15) is 25.5 Å². The van der Waals surface area contributed by atoms with Gasteiger partial charge in [0.2, 0.25) is 11.8 Å². The van der Waals surface area contributed by atoms with Crippen LogP contribution in [-0.4, -0.2) is 40.6 Å². The standard InChI is InChI=1S/C16H21N5O2S/c1-11-3-6-21(7-4-11)15-18-12(2)9-14(20-15)23-10-13(22)19-16-17-5-8-24-16/h5,8-9,11H,3-4,6-7,10H2,1-2H3,(H,17,19,22). The lowest BCUT2D eigenvalue weighted by Gasteiger charge is -2.30. The fraction of sp³-hybridized carbons (Fsp3) is 0.500. The molecule has 0 radical (unpaired) electrons. The highest BCUT2D eigenvalue weighted by Gasteiger charge is 2.19. The summed E-state index contributed by atoms with van der Waals surface area (Å²) in [6.07, 6.45) is 3.92. The van der Waals surface area contributed by atoms with E-state index in [-0.39, 0.29) is 12.5 Å². The molecule has 0 spiro atoms. The second-order valence-corrected chi connectivity index (χ2v) is 6.89. The van der Waals surface area contributed by atoms with Gasteiger partial charge in [-0.3, -0.25) is 10.1 Å². The summed E-state index contributed by atoms with van der Waals surface area (Å²) in [5, 5.41) is 5.04. The van der Waals surface area contributed by atoms with Gasteiger partial charge in [-0.05, 0) is 25.7 Å². The van der Waals surface area contributed by atoms with Crippen molar-refractivity contribution in [3.05, 3.63) is 23.3 Å². The number of anilines is 2. The van der Waals surface area contributed by atoms with Crippen molar-refractivity contribution in [2.45, 2.75) is 26.7 Å². The summed E-state index contributed by atoms with van der Waals surface area (Å²) < 4.78 is 5.54. The summed E-state index contributed by atoms with van der Waals surface area (Å²) in [7, 11) is 0. The molecule has 0 aliphatic carbocycles. The van der Waals surface area contributed by atoms with Crippen LogP contribution >= 0.6 is 11.3 Å². The Morgan fingerprint density at radius 1 is 1.42 bits per heavy atom. The first-order valence-electron chi connectivity index (χ1n) is 8.03. The van der Waals surface area contributed by atoms with Crippen molar-refractivity contribution >= 4 is 28.3 Å². The van der Waals surface area contributed by atoms with E-state index in [1.165, 1.54) is 11.3 Å². The van der Waals surface area contributed by atoms with E-state index >= 15 is 0 Å². The minimum absolute atomic E-state index is 0.105. The second-order valence-electron chi connectivity index (χ2n) is 5.99. The van der Waals surface area contributed by atoms with Gasteiger partial charge in [0, 0.05) is 36.4 Å². The van der Waals surface area contributed by atoms with Crippen LogP contribution < -0.4 is 15.0 Å². The summed E-state index contributed by atoms with van der Waals surface area (Å²) in [6.45, 7) is 5.97. The molecule has 0 saturated carbocycles. The van der Waals surface area contributed by atoms with Gasteiger partial charge in [-0.15, -0.1) is 11.3 Å². The zero-order chi connectivity index (χ0) is 16.9. The van der Waals surface area contributed by atoms with Crippen LogP contribution in [0.15, 0.2) is 17.6 Å². The fourth-order valence-electron chi connectivity index (χ4n) is 2.53. The topological polar surface area (TPSA) is 80.2 Å². The number of rotatable bonds is 5. The van der Waals surface area contributed by atoms with Crippen LogP contribution in [0, 0.1) is 12.8 Å². The molecule has 3 heterocycles. The smallest absolute Gasteiger partial charge is 0.264 e. The minimum Gasteiger partial charge on any atom is -0.467 e. The molecule has 8 heteroatoms. The van der Waals surface area contributed by atoms with Gasteiger partial charge in [0.25, 0.3) is 5.91 Å². The first-order valence-corrected chi connectivity index (χ1v) is 8.91. The predicted molar refractivity (Wildman–Crippen MR) is 93.6 cm³/mol. The monoisotopic (exact) mass is 347 g/mol. The quantitative estimate of drug-likeness (QED) is 0.895. The second kappa shape index (κ2) is 7.57. The van der Waals surface area contributed by atoms with E-state index in [2.05, 4.69) is 32.1 Å². The van der Waals surface area contributed by atoms with E-state index in [9.17, 15) is 4.79 Å². The summed E-state index contributed by atoms with van der Waals surface area (Å²) >= 11 is 1.37. The SMILES string of the molecule is Cc1cc(OCC(=O)Nc2nccs2)nc(N2CCC(C)CC2)n1. The molecule has 1 N–H and O–H groups in total. The number of ether oxygens (including phenoxy) is 1. The lowest BCUT2D eigenvalue weighted by Crippen LogP contribution is -2.34. The van der Waals surface area contributed by atoms with Crippen molar-refractivity contribution in [1.29, 1.82) is 0 Å². The first-order chi connectivity index (χ1) is 11.6. The van der Waals surface area contributed by atoms with Gasteiger partial charge in [0.15, 0.2) is 11.7 Å². The van der Waals surface area contributed by atoms with Gasteiger partial charge < -0.3 is 9.64 Å². The van der Waals surface area contributed by atoms with Crippen LogP contribution in [0.3, 0.4) is 0 Å². The molecule has 3 rings (SSSR count). The molecular weight excluding hydrogens is 326 g/mol. The Balaban J connectivity index is 1.60. The van der Waals surface area contributed by atoms with Crippen LogP contribution in [0.5, 0.6) is 5.88 Å². The average molecular weight is 347 g/mol. The number of piperidine rings is 1. The third-order valence-electron chi connectivity index (χ3n) is 3.92. The lowest BCUT2D eigenvalue weighted by atomic mass is 10.00. The molecule has 0 bridgehead atoms. The van der Waals surface area contributed by atoms with Gasteiger partial charge in [-0.2, -0.15) is 4.98 Å². The number of nitrogens with one attached hydrogen (secondary N) is 1. The van der Waals surface area contributed by atoms with Crippen LogP contribution in [0.25, 0.3) is 0 Å². The summed E-state index contributed by atoms with van der Waals surface area (Å²) in [5.74, 6) is 1.59. The lowest BCUT2D eigenvalue weighted by molar-refractivity contribution is -0.118. The number of hydrogen-bond donors (Lipinski definition) is 1. The van der Waals surface area contributed by atoms with E-state index in [0.717, 1.165) is 37.5 Å². The predicted octanol–water partition coefficient (Wildman–Crippen LogP) is 2.50. The summed E-state index contributed by atoms with van der Waals surface area (Å²) in [4.78, 5) is 27.0. The van der Waals surface area contributed by atoms with E-state index in [1.54, 1.807) is 17.6 Å². The van der Waals surface area contributed by atoms with E-state index < -0.39 is 0 Å². The maximum absolute atomic E-state index is 11.9. The number of carbonyl (C=O) groups excluding carboxylic acids is 1. The van der Waals surface area contributed by atoms with Gasteiger partial charge in [-0.25, -0.2) is 9.97 Å². The highest BCUT2D eigenvalue weighted by Crippen LogP contribution is 2.22. The van der Waals surface area contributed by atoms with Crippen molar-refractivity contribution in [2.75, 3.05) is 29.9 Å². The number of thiazole rings is 1. The molecule has 128 valence electrons. The number of amides is 1. The molecule has 24 heavy (non-hydrogen) atoms. The van der Waals surface area contributed by atoms with Crippen LogP contribution in [-0.2, 0) is 4.79 Å². The fourth-order valence-corrected chi connectivity index (χ4v) is 3.07. The van der Waals surface area contributed by atoms with Crippen LogP contribution in [0.4, 0.5) is 11.1 Å². The Hall–Kier alpha value is -2.22. The van der Waals surface area contributed by atoms with E-state index in [0.29, 0.717) is 17.0 Å². The number of hydrogen-bond acceptors (Lipinski definition) is 7. The number of aryl methyl sites for hydroxylation is 1. The Morgan fingerprint density at radius 3 is 2.92 bits per heavy atom. The van der Waals surface area contributed by atoms with Gasteiger partial charge in [-0.1, -0.05) is 6.92 Å². The van der Waals surface area contributed by atoms with Gasteiger partial charge >= 0.3 is 0 Å². The molecule has 0 unspecified atom stereocenters. The van der Waals surface area contributed by atoms with Crippen molar-refractivity contribution < 1.29 is 9.53 Å². The van der Waals surface area contributed by atoms with Crippen LogP contribution in [0.2, 0.25) is 0 Å². The molecule has 2 aromatic rings. The Bertz CT molecular complexity index is 684. The maximum Gasteiger partial charge on any atom is 0.264 e. The van der Waals surface area contributed by atoms with E-state index in [4.69, 9.17) is 4.74 Å². The van der Waals surface area contributed by atoms with Crippen molar-refractivity contribution in [1.82, 2.24) is 15.0 Å². The Morgan fingerprint density at radius 2 is 2.21 bits per heavy atom. The number of aromatic nitrogens is 3. The third kappa shape index (κ3) is 4.41. The molecule has 1 saturated heterocycles. The summed E-state index contributed by atoms with van der Waals surface area (Å²) in [6, 6.07) is 1.74.